The van der Waals surface area contributed by atoms with Crippen molar-refractivity contribution in [2.45, 2.75) is 123 Å². The summed E-state index contributed by atoms with van der Waals surface area (Å²) in [6.07, 6.45) is 33.0. The Labute approximate surface area is 417 Å². The zero-order valence-corrected chi connectivity index (χ0v) is 46.1. The maximum Gasteiger partial charge on any atom is 2.00 e. The smallest absolute Gasteiger partial charge is 0.661 e. The van der Waals surface area contributed by atoms with Crippen LogP contribution in [-0.4, -0.2) is 22.8 Å². The van der Waals surface area contributed by atoms with Crippen molar-refractivity contribution in [2.24, 2.45) is 25.4 Å². The molecule has 0 amide bonds. The van der Waals surface area contributed by atoms with Crippen molar-refractivity contribution in [1.29, 1.82) is 0 Å². The summed E-state index contributed by atoms with van der Waals surface area (Å²) in [5.41, 5.74) is 15.5. The molecular formula is C56H60N8Zn2. The Hall–Kier alpha value is -5.03. The molecule has 0 fully saturated rings. The maximum absolute atomic E-state index is 5.03. The van der Waals surface area contributed by atoms with Crippen LogP contribution in [0.5, 0.6) is 0 Å². The van der Waals surface area contributed by atoms with E-state index >= 15 is 0 Å². The molecule has 66 heavy (non-hydrogen) atoms. The van der Waals surface area contributed by atoms with Gasteiger partial charge in [-0.3, -0.25) is 20.0 Å². The van der Waals surface area contributed by atoms with Crippen molar-refractivity contribution in [3.05, 3.63) is 165 Å². The number of rotatable bonds is 8. The summed E-state index contributed by atoms with van der Waals surface area (Å²) >= 11 is 0. The number of aliphatic imine (C=N–C) groups is 4. The van der Waals surface area contributed by atoms with Crippen LogP contribution in [0.25, 0.3) is 24.3 Å². The SMILES string of the molecule is CCC1(CC)C2=N/C(=C\c3ccc([n-]3)C(CC)(CC)C3=N/C(=C\c4ccc1[n-]4)C=C3)C=C2.CCC1(CC)C2=N/C(=C\c3ccc([n-]3)C(CC)(CC)c3ccc([n-]3)/C=C3/C=CC1=N3)C=C2.[Zn+2].[Zn+2]. The molecule has 0 spiro atoms. The van der Waals surface area contributed by atoms with Gasteiger partial charge in [-0.15, -0.1) is 34.2 Å². The first-order chi connectivity index (χ1) is 31.1. The molecule has 0 aliphatic carbocycles. The Kier molecular flexibility index (Phi) is 14.6. The number of allylic oxidation sites excluding steroid dienone is 8. The first-order valence-electron chi connectivity index (χ1n) is 23.7. The Morgan fingerprint density at radius 1 is 0.303 bits per heavy atom. The van der Waals surface area contributed by atoms with E-state index in [1.165, 1.54) is 0 Å². The van der Waals surface area contributed by atoms with Crippen molar-refractivity contribution < 1.29 is 39.0 Å². The van der Waals surface area contributed by atoms with Crippen LogP contribution in [0, 0.1) is 5.41 Å². The van der Waals surface area contributed by atoms with Gasteiger partial charge in [0.1, 0.15) is 0 Å². The van der Waals surface area contributed by atoms with Crippen molar-refractivity contribution in [1.82, 2.24) is 19.9 Å². The molecular weight excluding hydrogens is 915 g/mol. The van der Waals surface area contributed by atoms with E-state index in [-0.39, 0.29) is 60.6 Å². The summed E-state index contributed by atoms with van der Waals surface area (Å²) in [5.74, 6) is 0. The standard InChI is InChI=1S/2C28H30N4.2Zn/c2*1-5-27(6-2)23-13-9-19(29-23)17-21-11-15-25(31-21)28(7-3,8-4)26-16-12-22(32-26)18-20-10-14-24(27)30-20;;/h2*9-18H,5-8H2,1-4H3;;/q2*-2;2*+2/b19-17-,22-18-;19-17-,20-18-;;. The topological polar surface area (TPSA) is 106 Å². The van der Waals surface area contributed by atoms with Crippen molar-refractivity contribution in [3.8, 4) is 0 Å². The summed E-state index contributed by atoms with van der Waals surface area (Å²) in [6.45, 7) is 17.8. The first kappa shape index (κ1) is 48.9. The molecule has 10 rings (SSSR count). The Bertz CT molecular complexity index is 2640. The predicted octanol–water partition coefficient (Wildman–Crippen LogP) is 12.4. The van der Waals surface area contributed by atoms with Gasteiger partial charge in [0.05, 0.1) is 39.6 Å². The van der Waals surface area contributed by atoms with Gasteiger partial charge in [-0.25, -0.2) is 0 Å². The van der Waals surface area contributed by atoms with E-state index in [9.17, 15) is 0 Å². The second-order valence-electron chi connectivity index (χ2n) is 17.8. The molecule has 4 aromatic heterocycles. The number of hydrogen-bond donors (Lipinski definition) is 0. The largest absolute Gasteiger partial charge is 2.00 e. The average molecular weight is 976 g/mol. The molecule has 0 saturated carbocycles. The molecule has 0 N–H and O–H groups in total. The van der Waals surface area contributed by atoms with E-state index in [4.69, 9.17) is 39.9 Å². The molecule has 0 atom stereocenters. The van der Waals surface area contributed by atoms with Crippen molar-refractivity contribution in [3.63, 3.8) is 0 Å². The van der Waals surface area contributed by atoms with E-state index in [0.29, 0.717) is 0 Å². The van der Waals surface area contributed by atoms with Crippen LogP contribution in [0.2, 0.25) is 0 Å². The Morgan fingerprint density at radius 3 is 0.773 bits per heavy atom. The monoisotopic (exact) mass is 972 g/mol. The van der Waals surface area contributed by atoms with E-state index in [1.807, 2.05) is 0 Å². The predicted molar refractivity (Wildman–Crippen MR) is 266 cm³/mol. The molecule has 8 nitrogen and oxygen atoms in total. The van der Waals surface area contributed by atoms with E-state index in [0.717, 1.165) is 143 Å². The average Bonchev–Trinajstić information content (AvgIpc) is 4.16. The molecule has 0 saturated heterocycles. The third-order valence-electron chi connectivity index (χ3n) is 15.2. The second-order valence-corrected chi connectivity index (χ2v) is 17.8. The van der Waals surface area contributed by atoms with Crippen LogP contribution in [0.4, 0.5) is 0 Å². The molecule has 6 aliphatic heterocycles. The van der Waals surface area contributed by atoms with Crippen LogP contribution in [0.1, 0.15) is 152 Å². The normalized spacial score (nSPS) is 22.7. The minimum Gasteiger partial charge on any atom is -0.661 e. The van der Waals surface area contributed by atoms with Gasteiger partial charge in [-0.2, -0.15) is 11.4 Å². The molecule has 0 aromatic carbocycles. The third kappa shape index (κ3) is 8.25. The van der Waals surface area contributed by atoms with Gasteiger partial charge in [-0.05, 0) is 105 Å². The van der Waals surface area contributed by atoms with Crippen molar-refractivity contribution in [2.75, 3.05) is 0 Å². The van der Waals surface area contributed by atoms with Crippen molar-refractivity contribution >= 4 is 47.2 Å². The molecule has 0 radical (unpaired) electrons. The third-order valence-corrected chi connectivity index (χ3v) is 15.2. The van der Waals surface area contributed by atoms with Gasteiger partial charge in [0.25, 0.3) is 0 Å². The number of fused-ring (bicyclic) bond motifs is 12. The van der Waals surface area contributed by atoms with Gasteiger partial charge in [0.2, 0.25) is 0 Å². The fraction of sp³-hybridized carbons (Fsp3) is 0.357. The van der Waals surface area contributed by atoms with Crippen LogP contribution in [0.15, 0.2) is 140 Å². The summed E-state index contributed by atoms with van der Waals surface area (Å²) in [6, 6.07) is 17.1. The number of aromatic nitrogens is 4. The number of hydrogen-bond acceptors (Lipinski definition) is 4. The van der Waals surface area contributed by atoms with Crippen LogP contribution in [0.3, 0.4) is 0 Å². The zero-order chi connectivity index (χ0) is 44.7. The van der Waals surface area contributed by atoms with Gasteiger partial charge < -0.3 is 19.9 Å². The second kappa shape index (κ2) is 19.7. The molecule has 0 unspecified atom stereocenters. The molecule has 4 aromatic rings. The molecule has 10 heterocycles. The molecule has 10 heteroatoms. The maximum atomic E-state index is 5.03. The minimum absolute atomic E-state index is 0. The molecule has 328 valence electrons. The Morgan fingerprint density at radius 2 is 0.530 bits per heavy atom. The number of nitrogens with zero attached hydrogens (tertiary/aromatic N) is 8. The fourth-order valence-electron chi connectivity index (χ4n) is 10.8. The van der Waals surface area contributed by atoms with E-state index < -0.39 is 0 Å². The zero-order valence-electron chi connectivity index (χ0n) is 40.2. The summed E-state index contributed by atoms with van der Waals surface area (Å²) < 4.78 is 0. The first-order valence-corrected chi connectivity index (χ1v) is 23.7. The van der Waals surface area contributed by atoms with Gasteiger partial charge >= 0.3 is 39.0 Å². The minimum atomic E-state index is -0.190. The summed E-state index contributed by atoms with van der Waals surface area (Å²) in [7, 11) is 0. The Balaban J connectivity index is 0.000000191. The van der Waals surface area contributed by atoms with Crippen LogP contribution < -0.4 is 19.9 Å². The summed E-state index contributed by atoms with van der Waals surface area (Å²) in [4.78, 5) is 40.3. The van der Waals surface area contributed by atoms with Gasteiger partial charge in [0, 0.05) is 22.3 Å². The van der Waals surface area contributed by atoms with Crippen LogP contribution in [-0.2, 0) is 55.2 Å². The quantitative estimate of drug-likeness (QED) is 0.164. The van der Waals surface area contributed by atoms with E-state index in [2.05, 4.69) is 177 Å². The van der Waals surface area contributed by atoms with E-state index in [1.54, 1.807) is 0 Å². The molecule has 16 bridgehead atoms. The van der Waals surface area contributed by atoms with Crippen LogP contribution >= 0.6 is 0 Å². The van der Waals surface area contributed by atoms with Gasteiger partial charge in [0.15, 0.2) is 0 Å². The van der Waals surface area contributed by atoms with Gasteiger partial charge in [-0.1, -0.05) is 128 Å². The fourth-order valence-corrected chi connectivity index (χ4v) is 10.8. The summed E-state index contributed by atoms with van der Waals surface area (Å²) in [5, 5.41) is 0. The molecule has 6 aliphatic rings.